The van der Waals surface area contributed by atoms with E-state index in [0.717, 1.165) is 11.0 Å². The van der Waals surface area contributed by atoms with Crippen molar-refractivity contribution < 1.29 is 27.7 Å². The van der Waals surface area contributed by atoms with Gasteiger partial charge in [0.1, 0.15) is 12.4 Å². The van der Waals surface area contributed by atoms with Crippen molar-refractivity contribution in [1.82, 2.24) is 9.78 Å². The van der Waals surface area contributed by atoms with Crippen molar-refractivity contribution in [2.45, 2.75) is 0 Å². The highest BCUT2D eigenvalue weighted by Crippen LogP contribution is 2.42. The van der Waals surface area contributed by atoms with Crippen LogP contribution < -0.4 is 18.9 Å². The van der Waals surface area contributed by atoms with Gasteiger partial charge in [-0.15, -0.1) is 5.10 Å². The molecular weight excluding hydrogens is 422 g/mol. The zero-order valence-electron chi connectivity index (χ0n) is 16.7. The summed E-state index contributed by atoms with van der Waals surface area (Å²) >= 11 is 0. The van der Waals surface area contributed by atoms with Crippen molar-refractivity contribution in [2.75, 3.05) is 24.7 Å². The fourth-order valence-electron chi connectivity index (χ4n) is 3.07. The van der Waals surface area contributed by atoms with E-state index in [4.69, 9.17) is 19.3 Å². The molecule has 3 aromatic rings. The zero-order valence-corrected chi connectivity index (χ0v) is 17.5. The van der Waals surface area contributed by atoms with Gasteiger partial charge in [0, 0.05) is 7.05 Å². The lowest BCUT2D eigenvalue weighted by atomic mass is 10.1. The van der Waals surface area contributed by atoms with Crippen molar-refractivity contribution in [1.29, 1.82) is 0 Å². The SMILES string of the molecule is Cn1nc(OCCO)c(-c2ccc3c(c2)OCO3)c1NS(=O)(=O)C=Cc1ccccc1. The number of nitrogens with zero attached hydrogens (tertiary/aromatic N) is 2. The second-order valence-corrected chi connectivity index (χ2v) is 8.22. The number of sulfonamides is 1. The number of aliphatic hydroxyl groups is 1. The molecule has 0 unspecified atom stereocenters. The van der Waals surface area contributed by atoms with Gasteiger partial charge in [0.2, 0.25) is 12.7 Å². The molecule has 1 aliphatic heterocycles. The number of rotatable bonds is 8. The van der Waals surface area contributed by atoms with Gasteiger partial charge in [-0.25, -0.2) is 13.1 Å². The van der Waals surface area contributed by atoms with Crippen LogP contribution in [0.25, 0.3) is 17.2 Å². The lowest BCUT2D eigenvalue weighted by Crippen LogP contribution is -2.12. The number of aliphatic hydroxyl groups excluding tert-OH is 1. The second kappa shape index (κ2) is 8.70. The summed E-state index contributed by atoms with van der Waals surface area (Å²) in [6, 6.07) is 14.3. The van der Waals surface area contributed by atoms with Crippen LogP contribution in [0.1, 0.15) is 5.56 Å². The van der Waals surface area contributed by atoms with Gasteiger partial charge in [-0.3, -0.25) is 4.72 Å². The van der Waals surface area contributed by atoms with E-state index in [1.165, 1.54) is 10.8 Å². The van der Waals surface area contributed by atoms with Gasteiger partial charge >= 0.3 is 0 Å². The Morgan fingerprint density at radius 3 is 2.74 bits per heavy atom. The first kappa shape index (κ1) is 20.8. The third-order valence-corrected chi connectivity index (χ3v) is 5.46. The van der Waals surface area contributed by atoms with E-state index in [1.54, 1.807) is 37.4 Å². The predicted molar refractivity (Wildman–Crippen MR) is 115 cm³/mol. The highest BCUT2D eigenvalue weighted by Gasteiger charge is 2.24. The number of nitrogens with one attached hydrogen (secondary N) is 1. The molecule has 0 atom stereocenters. The molecule has 2 N–H and O–H groups in total. The van der Waals surface area contributed by atoms with Crippen LogP contribution in [-0.4, -0.2) is 43.3 Å². The maximum absolute atomic E-state index is 12.8. The van der Waals surface area contributed by atoms with Crippen molar-refractivity contribution in [3.05, 3.63) is 59.5 Å². The first-order valence-corrected chi connectivity index (χ1v) is 11.0. The molecule has 0 spiro atoms. The van der Waals surface area contributed by atoms with Crippen LogP contribution in [0.2, 0.25) is 0 Å². The number of fused-ring (bicyclic) bond motifs is 1. The molecule has 31 heavy (non-hydrogen) atoms. The predicted octanol–water partition coefficient (Wildman–Crippen LogP) is 2.60. The highest BCUT2D eigenvalue weighted by atomic mass is 32.2. The Hall–Kier alpha value is -3.50. The topological polar surface area (TPSA) is 112 Å². The van der Waals surface area contributed by atoms with Crippen LogP contribution in [0.4, 0.5) is 5.82 Å². The lowest BCUT2D eigenvalue weighted by Gasteiger charge is -2.10. The average Bonchev–Trinajstić information content (AvgIpc) is 3.35. The first-order valence-electron chi connectivity index (χ1n) is 9.43. The van der Waals surface area contributed by atoms with Gasteiger partial charge in [0.05, 0.1) is 17.6 Å². The standard InChI is InChI=1S/C21H21N3O6S/c1-24-20(23-31(26,27)12-9-15-5-3-2-4-6-15)19(21(22-24)28-11-10-25)16-7-8-17-18(13-16)30-14-29-17/h2-9,12-13,23,25H,10-11,14H2,1H3. The molecule has 4 rings (SSSR count). The quantitative estimate of drug-likeness (QED) is 0.550. The third kappa shape index (κ3) is 4.65. The number of hydrogen-bond acceptors (Lipinski definition) is 7. The minimum atomic E-state index is -3.86. The molecule has 10 heteroatoms. The first-order chi connectivity index (χ1) is 15.0. The van der Waals surface area contributed by atoms with Crippen LogP contribution >= 0.6 is 0 Å². The maximum Gasteiger partial charge on any atom is 0.256 e. The van der Waals surface area contributed by atoms with Gasteiger partial charge in [-0.1, -0.05) is 36.4 Å². The molecule has 0 saturated heterocycles. The number of aromatic nitrogens is 2. The summed E-state index contributed by atoms with van der Waals surface area (Å²) in [5.74, 6) is 1.52. The van der Waals surface area contributed by atoms with Crippen molar-refractivity contribution >= 4 is 21.9 Å². The van der Waals surface area contributed by atoms with Crippen LogP contribution in [0.15, 0.2) is 53.9 Å². The summed E-state index contributed by atoms with van der Waals surface area (Å²) in [6.45, 7) is -0.0871. The molecule has 162 valence electrons. The number of aryl methyl sites for hydroxylation is 1. The fraction of sp³-hybridized carbons (Fsp3) is 0.190. The molecule has 0 saturated carbocycles. The normalized spacial score (nSPS) is 13.0. The Bertz CT molecular complexity index is 1210. The van der Waals surface area contributed by atoms with Crippen LogP contribution in [-0.2, 0) is 17.1 Å². The van der Waals surface area contributed by atoms with E-state index in [9.17, 15) is 8.42 Å². The molecule has 0 bridgehead atoms. The average molecular weight is 443 g/mol. The van der Waals surface area contributed by atoms with E-state index in [1.807, 2.05) is 18.2 Å². The Morgan fingerprint density at radius 1 is 1.19 bits per heavy atom. The van der Waals surface area contributed by atoms with Crippen LogP contribution in [0, 0.1) is 0 Å². The molecule has 2 aromatic carbocycles. The van der Waals surface area contributed by atoms with E-state index in [-0.39, 0.29) is 31.7 Å². The van der Waals surface area contributed by atoms with Crippen molar-refractivity contribution in [3.63, 3.8) is 0 Å². The van der Waals surface area contributed by atoms with Crippen molar-refractivity contribution in [3.8, 4) is 28.5 Å². The summed E-state index contributed by atoms with van der Waals surface area (Å²) in [7, 11) is -2.26. The minimum absolute atomic E-state index is 0.00860. The number of anilines is 1. The molecule has 1 aromatic heterocycles. The van der Waals surface area contributed by atoms with Gasteiger partial charge in [0.25, 0.3) is 10.0 Å². The lowest BCUT2D eigenvalue weighted by molar-refractivity contribution is 0.174. The maximum atomic E-state index is 12.8. The highest BCUT2D eigenvalue weighted by molar-refractivity contribution is 7.95. The molecule has 1 aliphatic rings. The fourth-order valence-corrected chi connectivity index (χ4v) is 3.98. The molecule has 0 radical (unpaired) electrons. The Balaban J connectivity index is 1.71. The Kier molecular flexibility index (Phi) is 5.83. The van der Waals surface area contributed by atoms with Crippen LogP contribution in [0.3, 0.4) is 0 Å². The molecule has 0 amide bonds. The third-order valence-electron chi connectivity index (χ3n) is 4.48. The number of ether oxygens (including phenoxy) is 3. The summed E-state index contributed by atoms with van der Waals surface area (Å²) < 4.78 is 45.8. The van der Waals surface area contributed by atoms with Gasteiger partial charge in [0.15, 0.2) is 11.5 Å². The van der Waals surface area contributed by atoms with E-state index in [2.05, 4.69) is 9.82 Å². The molecule has 0 aliphatic carbocycles. The summed E-state index contributed by atoms with van der Waals surface area (Å²) in [6.07, 6.45) is 1.50. The van der Waals surface area contributed by atoms with Gasteiger partial charge < -0.3 is 19.3 Å². The summed E-state index contributed by atoms with van der Waals surface area (Å²) in [5, 5.41) is 14.5. The minimum Gasteiger partial charge on any atom is -0.474 e. The monoisotopic (exact) mass is 443 g/mol. The zero-order chi connectivity index (χ0) is 21.8. The number of benzene rings is 2. The molecular formula is C21H21N3O6S. The van der Waals surface area contributed by atoms with Crippen LogP contribution in [0.5, 0.6) is 17.4 Å². The Labute approximate surface area is 179 Å². The van der Waals surface area contributed by atoms with E-state index < -0.39 is 10.0 Å². The second-order valence-electron chi connectivity index (χ2n) is 6.65. The van der Waals surface area contributed by atoms with E-state index in [0.29, 0.717) is 22.6 Å². The summed E-state index contributed by atoms with van der Waals surface area (Å²) in [4.78, 5) is 0. The summed E-state index contributed by atoms with van der Waals surface area (Å²) in [5.41, 5.74) is 1.79. The number of hydrogen-bond donors (Lipinski definition) is 2. The Morgan fingerprint density at radius 2 is 1.97 bits per heavy atom. The smallest absolute Gasteiger partial charge is 0.256 e. The molecule has 9 nitrogen and oxygen atoms in total. The van der Waals surface area contributed by atoms with Gasteiger partial charge in [-0.05, 0) is 29.3 Å². The van der Waals surface area contributed by atoms with Crippen molar-refractivity contribution in [2.24, 2.45) is 7.05 Å². The molecule has 2 heterocycles. The van der Waals surface area contributed by atoms with E-state index >= 15 is 0 Å². The molecule has 0 fully saturated rings. The van der Waals surface area contributed by atoms with Gasteiger partial charge in [-0.2, -0.15) is 0 Å². The largest absolute Gasteiger partial charge is 0.474 e.